The van der Waals surface area contributed by atoms with Crippen LogP contribution in [0, 0.1) is 0 Å². The second-order valence-electron chi connectivity index (χ2n) is 6.26. The van der Waals surface area contributed by atoms with Gasteiger partial charge in [0.25, 0.3) is 0 Å². The molecule has 0 amide bonds. The van der Waals surface area contributed by atoms with Gasteiger partial charge in [-0.25, -0.2) is 13.4 Å². The van der Waals surface area contributed by atoms with Crippen molar-refractivity contribution in [1.29, 1.82) is 0 Å². The van der Waals surface area contributed by atoms with Crippen molar-refractivity contribution in [1.82, 2.24) is 19.5 Å². The molecule has 146 valence electrons. The van der Waals surface area contributed by atoms with E-state index < -0.39 is 10.0 Å². The zero-order valence-electron chi connectivity index (χ0n) is 15.0. The number of anilines is 1. The van der Waals surface area contributed by atoms with Crippen molar-refractivity contribution >= 4 is 38.3 Å². The first-order valence-corrected chi connectivity index (χ1v) is 11.9. The maximum atomic E-state index is 12.5. The highest BCUT2D eigenvalue weighted by Crippen LogP contribution is 2.31. The quantitative estimate of drug-likeness (QED) is 0.610. The van der Waals surface area contributed by atoms with Gasteiger partial charge in [0, 0.05) is 25.8 Å². The third-order valence-corrected chi connectivity index (χ3v) is 8.06. The lowest BCUT2D eigenvalue weighted by molar-refractivity contribution is 0.477. The summed E-state index contributed by atoms with van der Waals surface area (Å²) < 4.78 is 27.4. The molecule has 0 bridgehead atoms. The average molecular weight is 434 g/mol. The largest absolute Gasteiger partial charge is 0.356 e. The summed E-state index contributed by atoms with van der Waals surface area (Å²) in [7, 11) is -3.43. The first-order chi connectivity index (χ1) is 13.6. The Balaban J connectivity index is 1.37. The highest BCUT2D eigenvalue weighted by Gasteiger charge is 2.27. The van der Waals surface area contributed by atoms with Crippen LogP contribution in [-0.4, -0.2) is 41.0 Å². The van der Waals surface area contributed by atoms with Gasteiger partial charge in [0.15, 0.2) is 4.34 Å². The molecule has 4 rings (SSSR count). The Kier molecular flexibility index (Phi) is 5.90. The van der Waals surface area contributed by atoms with Crippen LogP contribution >= 0.6 is 23.1 Å². The molecule has 3 heterocycles. The maximum Gasteiger partial charge on any atom is 0.244 e. The zero-order valence-corrected chi connectivity index (χ0v) is 17.4. The van der Waals surface area contributed by atoms with Crippen LogP contribution in [0.25, 0.3) is 0 Å². The molecule has 0 aliphatic carbocycles. The van der Waals surface area contributed by atoms with E-state index in [4.69, 9.17) is 0 Å². The molecule has 0 spiro atoms. The first kappa shape index (κ1) is 19.3. The molecule has 1 N–H and O–H groups in total. The van der Waals surface area contributed by atoms with Crippen LogP contribution in [0.4, 0.5) is 5.13 Å². The molecule has 1 aliphatic heterocycles. The van der Waals surface area contributed by atoms with E-state index in [1.54, 1.807) is 12.1 Å². The number of hydrogen-bond acceptors (Lipinski definition) is 8. The van der Waals surface area contributed by atoms with Crippen molar-refractivity contribution < 1.29 is 8.42 Å². The highest BCUT2D eigenvalue weighted by molar-refractivity contribution is 8.01. The lowest BCUT2D eigenvalue weighted by atomic mass is 10.2. The van der Waals surface area contributed by atoms with Crippen molar-refractivity contribution in [2.75, 3.05) is 18.4 Å². The molecular formula is C18H19N5O2S3. The van der Waals surface area contributed by atoms with E-state index >= 15 is 0 Å². The number of benzene rings is 1. The molecule has 0 unspecified atom stereocenters. The van der Waals surface area contributed by atoms with Gasteiger partial charge in [0.1, 0.15) is 9.92 Å². The summed E-state index contributed by atoms with van der Waals surface area (Å²) >= 11 is 2.81. The van der Waals surface area contributed by atoms with Gasteiger partial charge in [-0.1, -0.05) is 41.7 Å². The Labute approximate surface area is 172 Å². The second kappa shape index (κ2) is 8.56. The highest BCUT2D eigenvalue weighted by atomic mass is 32.2. The van der Waals surface area contributed by atoms with Crippen LogP contribution in [0.2, 0.25) is 0 Å². The molecule has 7 nitrogen and oxygen atoms in total. The SMILES string of the molecule is O=S(=O)(c1ccc(Sc2nnc(NCc3ccccc3)s2)nc1)N1CCCC1. The number of nitrogens with zero attached hydrogens (tertiary/aromatic N) is 4. The molecule has 2 aromatic heterocycles. The number of sulfonamides is 1. The molecular weight excluding hydrogens is 414 g/mol. The summed E-state index contributed by atoms with van der Waals surface area (Å²) in [6.07, 6.45) is 3.25. The van der Waals surface area contributed by atoms with Crippen molar-refractivity contribution in [3.8, 4) is 0 Å². The van der Waals surface area contributed by atoms with Crippen molar-refractivity contribution in [3.05, 3.63) is 54.2 Å². The van der Waals surface area contributed by atoms with E-state index in [0.29, 0.717) is 24.7 Å². The van der Waals surface area contributed by atoms with Gasteiger partial charge < -0.3 is 5.32 Å². The predicted molar refractivity (Wildman–Crippen MR) is 110 cm³/mol. The molecule has 28 heavy (non-hydrogen) atoms. The van der Waals surface area contributed by atoms with Crippen LogP contribution in [0.3, 0.4) is 0 Å². The lowest BCUT2D eigenvalue weighted by Crippen LogP contribution is -2.27. The summed E-state index contributed by atoms with van der Waals surface area (Å²) in [5, 5.41) is 13.0. The maximum absolute atomic E-state index is 12.5. The third-order valence-electron chi connectivity index (χ3n) is 4.30. The normalized spacial score (nSPS) is 15.0. The second-order valence-corrected chi connectivity index (χ2v) is 10.4. The smallest absolute Gasteiger partial charge is 0.244 e. The fourth-order valence-electron chi connectivity index (χ4n) is 2.84. The van der Waals surface area contributed by atoms with Gasteiger partial charge in [0.2, 0.25) is 15.2 Å². The number of nitrogens with one attached hydrogen (secondary N) is 1. The molecule has 1 aliphatic rings. The zero-order chi connectivity index (χ0) is 19.4. The lowest BCUT2D eigenvalue weighted by Gasteiger charge is -2.15. The molecule has 0 radical (unpaired) electrons. The summed E-state index contributed by atoms with van der Waals surface area (Å²) in [6, 6.07) is 13.4. The Morgan fingerprint density at radius 2 is 1.86 bits per heavy atom. The summed E-state index contributed by atoms with van der Waals surface area (Å²) in [5.41, 5.74) is 1.17. The van der Waals surface area contributed by atoms with Crippen LogP contribution in [0.1, 0.15) is 18.4 Å². The van der Waals surface area contributed by atoms with E-state index in [1.165, 1.54) is 39.2 Å². The van der Waals surface area contributed by atoms with E-state index in [1.807, 2.05) is 30.3 Å². The Bertz CT molecular complexity index is 1020. The van der Waals surface area contributed by atoms with Gasteiger partial charge in [0.05, 0.1) is 0 Å². The molecule has 1 fully saturated rings. The fraction of sp³-hybridized carbons (Fsp3) is 0.278. The molecule has 3 aromatic rings. The van der Waals surface area contributed by atoms with E-state index in [2.05, 4.69) is 20.5 Å². The van der Waals surface area contributed by atoms with Crippen molar-refractivity contribution in [2.45, 2.75) is 33.6 Å². The van der Waals surface area contributed by atoms with Crippen LogP contribution in [0.5, 0.6) is 0 Å². The van der Waals surface area contributed by atoms with Crippen LogP contribution in [-0.2, 0) is 16.6 Å². The number of pyridine rings is 1. The van der Waals surface area contributed by atoms with Gasteiger partial charge in [-0.3, -0.25) is 0 Å². The van der Waals surface area contributed by atoms with Crippen LogP contribution in [0.15, 0.2) is 62.9 Å². The van der Waals surface area contributed by atoms with E-state index in [-0.39, 0.29) is 4.90 Å². The topological polar surface area (TPSA) is 88.1 Å². The number of rotatable bonds is 7. The number of aromatic nitrogens is 3. The van der Waals surface area contributed by atoms with E-state index in [9.17, 15) is 8.42 Å². The molecule has 1 aromatic carbocycles. The minimum absolute atomic E-state index is 0.237. The van der Waals surface area contributed by atoms with Crippen molar-refractivity contribution in [3.63, 3.8) is 0 Å². The van der Waals surface area contributed by atoms with Gasteiger partial charge in [-0.15, -0.1) is 10.2 Å². The fourth-order valence-corrected chi connectivity index (χ4v) is 5.94. The first-order valence-electron chi connectivity index (χ1n) is 8.87. The Hall–Kier alpha value is -2.01. The Morgan fingerprint density at radius 3 is 2.57 bits per heavy atom. The molecule has 0 saturated carbocycles. The molecule has 10 heteroatoms. The molecule has 0 atom stereocenters. The number of hydrogen-bond donors (Lipinski definition) is 1. The minimum Gasteiger partial charge on any atom is -0.356 e. The summed E-state index contributed by atoms with van der Waals surface area (Å²) in [4.78, 5) is 4.53. The average Bonchev–Trinajstić information content (AvgIpc) is 3.40. The third kappa shape index (κ3) is 4.52. The van der Waals surface area contributed by atoms with E-state index in [0.717, 1.165) is 22.3 Å². The summed E-state index contributed by atoms with van der Waals surface area (Å²) in [6.45, 7) is 1.85. The summed E-state index contributed by atoms with van der Waals surface area (Å²) in [5.74, 6) is 0. The monoisotopic (exact) mass is 433 g/mol. The van der Waals surface area contributed by atoms with Gasteiger partial charge >= 0.3 is 0 Å². The predicted octanol–water partition coefficient (Wildman–Crippen LogP) is 3.48. The van der Waals surface area contributed by atoms with Gasteiger partial charge in [-0.2, -0.15) is 4.31 Å². The standard InChI is InChI=1S/C18H19N5O2S3/c24-28(25,23-10-4-5-11-23)15-8-9-16(19-13-15)26-18-22-21-17(27-18)20-12-14-6-2-1-3-7-14/h1-3,6-9,13H,4-5,10-12H2,(H,20,21). The minimum atomic E-state index is -3.43. The molecule has 1 saturated heterocycles. The van der Waals surface area contributed by atoms with Crippen molar-refractivity contribution in [2.24, 2.45) is 0 Å². The Morgan fingerprint density at radius 1 is 1.07 bits per heavy atom. The van der Waals surface area contributed by atoms with Gasteiger partial charge in [-0.05, 0) is 42.3 Å². The van der Waals surface area contributed by atoms with Crippen LogP contribution < -0.4 is 5.32 Å².